The SMILES string of the molecule is Cc1cn(N=Cc2ccc(CN3CCN(C)CC3)c(F)c2)c(N)n1. The number of piperazine rings is 1. The fraction of sp³-hybridized carbons (Fsp3) is 0.412. The molecule has 1 aromatic carbocycles. The van der Waals surface area contributed by atoms with Crippen LogP contribution in [-0.4, -0.2) is 58.9 Å². The van der Waals surface area contributed by atoms with Crippen LogP contribution >= 0.6 is 0 Å². The van der Waals surface area contributed by atoms with Gasteiger partial charge in [0.05, 0.1) is 18.1 Å². The Morgan fingerprint density at radius 3 is 2.67 bits per heavy atom. The summed E-state index contributed by atoms with van der Waals surface area (Å²) in [5.41, 5.74) is 7.93. The molecule has 0 radical (unpaired) electrons. The molecule has 7 heteroatoms. The van der Waals surface area contributed by atoms with E-state index in [9.17, 15) is 4.39 Å². The average Bonchev–Trinajstić information content (AvgIpc) is 2.87. The molecule has 6 nitrogen and oxygen atoms in total. The van der Waals surface area contributed by atoms with Crippen molar-refractivity contribution in [1.29, 1.82) is 0 Å². The zero-order valence-corrected chi connectivity index (χ0v) is 14.1. The second-order valence-corrected chi connectivity index (χ2v) is 6.26. The number of aromatic nitrogens is 2. The summed E-state index contributed by atoms with van der Waals surface area (Å²) in [6, 6.07) is 5.21. The molecular formula is C17H23FN6. The lowest BCUT2D eigenvalue weighted by atomic mass is 10.1. The molecule has 0 bridgehead atoms. The largest absolute Gasteiger partial charge is 0.368 e. The van der Waals surface area contributed by atoms with E-state index in [0.717, 1.165) is 37.4 Å². The number of rotatable bonds is 4. The summed E-state index contributed by atoms with van der Waals surface area (Å²) in [5, 5.41) is 4.21. The van der Waals surface area contributed by atoms with Crippen molar-refractivity contribution in [1.82, 2.24) is 19.5 Å². The number of imidazole rings is 1. The van der Waals surface area contributed by atoms with Gasteiger partial charge in [0.2, 0.25) is 5.95 Å². The van der Waals surface area contributed by atoms with Gasteiger partial charge in [-0.1, -0.05) is 12.1 Å². The van der Waals surface area contributed by atoms with E-state index in [1.165, 1.54) is 10.7 Å². The van der Waals surface area contributed by atoms with E-state index in [2.05, 4.69) is 26.9 Å². The van der Waals surface area contributed by atoms with E-state index >= 15 is 0 Å². The van der Waals surface area contributed by atoms with Crippen LogP contribution in [0.25, 0.3) is 0 Å². The van der Waals surface area contributed by atoms with Crippen LogP contribution < -0.4 is 5.73 Å². The molecule has 1 aliphatic heterocycles. The maximum atomic E-state index is 14.3. The third kappa shape index (κ3) is 3.98. The zero-order chi connectivity index (χ0) is 17.1. The predicted octanol–water partition coefficient (Wildman–Crippen LogP) is 1.54. The maximum absolute atomic E-state index is 14.3. The second kappa shape index (κ2) is 7.11. The van der Waals surface area contributed by atoms with E-state index in [0.29, 0.717) is 18.1 Å². The van der Waals surface area contributed by atoms with Gasteiger partial charge < -0.3 is 10.6 Å². The topological polar surface area (TPSA) is 62.7 Å². The Labute approximate surface area is 141 Å². The highest BCUT2D eigenvalue weighted by Crippen LogP contribution is 2.14. The molecule has 128 valence electrons. The first-order valence-corrected chi connectivity index (χ1v) is 8.06. The first-order chi connectivity index (χ1) is 11.5. The minimum Gasteiger partial charge on any atom is -0.368 e. The monoisotopic (exact) mass is 330 g/mol. The predicted molar refractivity (Wildman–Crippen MR) is 93.5 cm³/mol. The first kappa shape index (κ1) is 16.6. The maximum Gasteiger partial charge on any atom is 0.221 e. The molecule has 0 saturated carbocycles. The fourth-order valence-electron chi connectivity index (χ4n) is 2.74. The Morgan fingerprint density at radius 2 is 2.04 bits per heavy atom. The standard InChI is InChI=1S/C17H23FN6/c1-13-11-24(17(19)21-13)20-10-14-3-4-15(16(18)9-14)12-23-7-5-22(2)6-8-23/h3-4,9-11H,5-8,12H2,1-2H3,(H2,19,21). The molecule has 1 aliphatic rings. The van der Waals surface area contributed by atoms with Gasteiger partial charge in [0, 0.05) is 38.3 Å². The van der Waals surface area contributed by atoms with Crippen molar-refractivity contribution < 1.29 is 4.39 Å². The smallest absolute Gasteiger partial charge is 0.221 e. The van der Waals surface area contributed by atoms with Gasteiger partial charge in [0.15, 0.2) is 0 Å². The number of nitrogens with zero attached hydrogens (tertiary/aromatic N) is 5. The van der Waals surface area contributed by atoms with Crippen molar-refractivity contribution in [3.8, 4) is 0 Å². The van der Waals surface area contributed by atoms with Crippen molar-refractivity contribution in [2.24, 2.45) is 5.10 Å². The van der Waals surface area contributed by atoms with Gasteiger partial charge in [-0.25, -0.2) is 14.1 Å². The molecule has 0 unspecified atom stereocenters. The number of hydrogen-bond acceptors (Lipinski definition) is 5. The van der Waals surface area contributed by atoms with E-state index in [1.54, 1.807) is 12.4 Å². The fourth-order valence-corrected chi connectivity index (χ4v) is 2.74. The van der Waals surface area contributed by atoms with Gasteiger partial charge in [-0.05, 0) is 25.6 Å². The number of likely N-dealkylation sites (N-methyl/N-ethyl adjacent to an activating group) is 1. The molecule has 1 fully saturated rings. The van der Waals surface area contributed by atoms with Crippen LogP contribution in [0, 0.1) is 12.7 Å². The summed E-state index contributed by atoms with van der Waals surface area (Å²) in [7, 11) is 2.11. The minimum atomic E-state index is -0.201. The van der Waals surface area contributed by atoms with Gasteiger partial charge in [-0.15, -0.1) is 0 Å². The van der Waals surface area contributed by atoms with Gasteiger partial charge in [0.25, 0.3) is 0 Å². The van der Waals surface area contributed by atoms with Crippen LogP contribution in [0.4, 0.5) is 10.3 Å². The highest BCUT2D eigenvalue weighted by molar-refractivity contribution is 5.79. The third-order valence-electron chi connectivity index (χ3n) is 4.23. The zero-order valence-electron chi connectivity index (χ0n) is 14.1. The van der Waals surface area contributed by atoms with Crippen LogP contribution in [0.15, 0.2) is 29.5 Å². The van der Waals surface area contributed by atoms with Gasteiger partial charge in [-0.2, -0.15) is 5.10 Å². The molecule has 1 aromatic heterocycles. The van der Waals surface area contributed by atoms with E-state index < -0.39 is 0 Å². The molecule has 2 aromatic rings. The normalized spacial score (nSPS) is 17.0. The molecule has 0 aliphatic carbocycles. The number of halogens is 1. The minimum absolute atomic E-state index is 0.201. The summed E-state index contributed by atoms with van der Waals surface area (Å²) < 4.78 is 15.8. The van der Waals surface area contributed by atoms with Crippen LogP contribution in [-0.2, 0) is 6.54 Å². The van der Waals surface area contributed by atoms with Crippen molar-refractivity contribution in [3.63, 3.8) is 0 Å². The van der Waals surface area contributed by atoms with Crippen molar-refractivity contribution in [2.45, 2.75) is 13.5 Å². The summed E-state index contributed by atoms with van der Waals surface area (Å²) in [6.45, 7) is 6.48. The average molecular weight is 330 g/mol. The van der Waals surface area contributed by atoms with Crippen molar-refractivity contribution in [3.05, 3.63) is 47.0 Å². The van der Waals surface area contributed by atoms with Crippen LogP contribution in [0.5, 0.6) is 0 Å². The number of anilines is 1. The first-order valence-electron chi connectivity index (χ1n) is 8.06. The summed E-state index contributed by atoms with van der Waals surface area (Å²) >= 11 is 0. The van der Waals surface area contributed by atoms with Crippen LogP contribution in [0.3, 0.4) is 0 Å². The van der Waals surface area contributed by atoms with E-state index in [1.807, 2.05) is 19.1 Å². The quantitative estimate of drug-likeness (QED) is 0.864. The molecule has 0 atom stereocenters. The highest BCUT2D eigenvalue weighted by Gasteiger charge is 2.15. The Balaban J connectivity index is 1.67. The summed E-state index contributed by atoms with van der Waals surface area (Å²) in [5.74, 6) is 0.114. The molecular weight excluding hydrogens is 307 g/mol. The van der Waals surface area contributed by atoms with E-state index in [4.69, 9.17) is 5.73 Å². The Kier molecular flexibility index (Phi) is 4.92. The van der Waals surface area contributed by atoms with Gasteiger partial charge >= 0.3 is 0 Å². The number of benzene rings is 1. The Bertz CT molecular complexity index is 731. The molecule has 2 N–H and O–H groups in total. The van der Waals surface area contributed by atoms with Crippen molar-refractivity contribution >= 4 is 12.2 Å². The number of aryl methyl sites for hydroxylation is 1. The molecule has 3 rings (SSSR count). The lowest BCUT2D eigenvalue weighted by Gasteiger charge is -2.32. The number of nitrogens with two attached hydrogens (primary N) is 1. The molecule has 0 amide bonds. The Morgan fingerprint density at radius 1 is 1.29 bits per heavy atom. The Hall–Kier alpha value is -2.25. The third-order valence-corrected chi connectivity index (χ3v) is 4.23. The van der Waals surface area contributed by atoms with Crippen molar-refractivity contribution in [2.75, 3.05) is 39.0 Å². The van der Waals surface area contributed by atoms with Gasteiger partial charge in [-0.3, -0.25) is 4.90 Å². The lowest BCUT2D eigenvalue weighted by molar-refractivity contribution is 0.147. The summed E-state index contributed by atoms with van der Waals surface area (Å²) in [6.07, 6.45) is 3.31. The molecule has 1 saturated heterocycles. The second-order valence-electron chi connectivity index (χ2n) is 6.26. The van der Waals surface area contributed by atoms with Crippen LogP contribution in [0.2, 0.25) is 0 Å². The van der Waals surface area contributed by atoms with Gasteiger partial charge in [0.1, 0.15) is 5.82 Å². The molecule has 2 heterocycles. The lowest BCUT2D eigenvalue weighted by Crippen LogP contribution is -2.44. The molecule has 0 spiro atoms. The number of hydrogen-bond donors (Lipinski definition) is 1. The number of nitrogen functional groups attached to an aromatic ring is 1. The highest BCUT2D eigenvalue weighted by atomic mass is 19.1. The van der Waals surface area contributed by atoms with Crippen LogP contribution in [0.1, 0.15) is 16.8 Å². The molecule has 24 heavy (non-hydrogen) atoms. The summed E-state index contributed by atoms with van der Waals surface area (Å²) in [4.78, 5) is 8.64. The van der Waals surface area contributed by atoms with E-state index in [-0.39, 0.29) is 5.82 Å².